The van der Waals surface area contributed by atoms with Gasteiger partial charge in [0.1, 0.15) is 5.60 Å². The second-order valence-electron chi connectivity index (χ2n) is 10.5. The van der Waals surface area contributed by atoms with Gasteiger partial charge in [-0.15, -0.1) is 0 Å². The second-order valence-corrected chi connectivity index (χ2v) is 10.5. The summed E-state index contributed by atoms with van der Waals surface area (Å²) >= 11 is 0. The Bertz CT molecular complexity index is 715. The molecular formula is C24H38N2O3. The summed E-state index contributed by atoms with van der Waals surface area (Å²) in [4.78, 5) is 4.56. The molecule has 1 aromatic heterocycles. The van der Waals surface area contributed by atoms with Gasteiger partial charge in [0, 0.05) is 24.1 Å². The molecule has 0 saturated heterocycles. The molecule has 1 aromatic rings. The monoisotopic (exact) mass is 402 g/mol. The minimum atomic E-state index is -0.987. The first-order valence-corrected chi connectivity index (χ1v) is 11.4. The van der Waals surface area contributed by atoms with Crippen molar-refractivity contribution in [2.24, 2.45) is 40.2 Å². The SMILES string of the molecule is CC12CCC([C@@]3(C)CC[C@H](O)C[C@@H]3CO)CC1CC(CN)C2(O)c1ccccn1. The zero-order chi connectivity index (χ0) is 20.9. The molecule has 8 atom stereocenters. The van der Waals surface area contributed by atoms with Crippen LogP contribution in [0.1, 0.15) is 64.5 Å². The van der Waals surface area contributed by atoms with E-state index in [0.717, 1.165) is 44.2 Å². The van der Waals surface area contributed by atoms with Gasteiger partial charge in [-0.25, -0.2) is 0 Å². The number of nitrogens with two attached hydrogens (primary N) is 1. The van der Waals surface area contributed by atoms with Crippen LogP contribution in [0.15, 0.2) is 24.4 Å². The lowest BCUT2D eigenvalue weighted by molar-refractivity contribution is -0.137. The summed E-state index contributed by atoms with van der Waals surface area (Å²) in [6.45, 7) is 5.18. The number of fused-ring (bicyclic) bond motifs is 1. The van der Waals surface area contributed by atoms with Crippen molar-refractivity contribution in [1.29, 1.82) is 0 Å². The van der Waals surface area contributed by atoms with Crippen molar-refractivity contribution >= 4 is 0 Å². The van der Waals surface area contributed by atoms with Gasteiger partial charge in [-0.05, 0) is 86.8 Å². The van der Waals surface area contributed by atoms with Crippen molar-refractivity contribution in [2.75, 3.05) is 13.2 Å². The lowest BCUT2D eigenvalue weighted by atomic mass is 9.51. The topological polar surface area (TPSA) is 99.6 Å². The van der Waals surface area contributed by atoms with Gasteiger partial charge >= 0.3 is 0 Å². The summed E-state index contributed by atoms with van der Waals surface area (Å²) in [5.74, 6) is 1.07. The Morgan fingerprint density at radius 2 is 1.86 bits per heavy atom. The molecule has 0 radical (unpaired) electrons. The van der Waals surface area contributed by atoms with E-state index in [-0.39, 0.29) is 35.4 Å². The zero-order valence-electron chi connectivity index (χ0n) is 17.9. The predicted octanol–water partition coefficient (Wildman–Crippen LogP) is 2.83. The molecule has 0 spiro atoms. The van der Waals surface area contributed by atoms with E-state index in [0.29, 0.717) is 24.8 Å². The van der Waals surface area contributed by atoms with E-state index >= 15 is 0 Å². The van der Waals surface area contributed by atoms with E-state index in [9.17, 15) is 15.3 Å². The summed E-state index contributed by atoms with van der Waals surface area (Å²) in [6, 6.07) is 5.80. The number of hydrogen-bond donors (Lipinski definition) is 4. The van der Waals surface area contributed by atoms with Gasteiger partial charge in [-0.1, -0.05) is 19.9 Å². The van der Waals surface area contributed by atoms with Crippen molar-refractivity contribution in [3.05, 3.63) is 30.1 Å². The van der Waals surface area contributed by atoms with Crippen LogP contribution in [0.25, 0.3) is 0 Å². The molecule has 3 saturated carbocycles. The molecular weight excluding hydrogens is 364 g/mol. The summed E-state index contributed by atoms with van der Waals surface area (Å²) < 4.78 is 0. The molecule has 5 N–H and O–H groups in total. The van der Waals surface area contributed by atoms with Gasteiger partial charge in [0.05, 0.1) is 11.8 Å². The van der Waals surface area contributed by atoms with Gasteiger partial charge in [-0.3, -0.25) is 4.98 Å². The van der Waals surface area contributed by atoms with Gasteiger partial charge in [0.15, 0.2) is 0 Å². The van der Waals surface area contributed by atoms with E-state index < -0.39 is 5.60 Å². The molecule has 3 aliphatic rings. The Kier molecular flexibility index (Phi) is 5.56. The van der Waals surface area contributed by atoms with Gasteiger partial charge < -0.3 is 21.1 Å². The maximum Gasteiger partial charge on any atom is 0.116 e. The maximum absolute atomic E-state index is 12.1. The highest BCUT2D eigenvalue weighted by molar-refractivity contribution is 5.25. The van der Waals surface area contributed by atoms with Gasteiger partial charge in [0.25, 0.3) is 0 Å². The van der Waals surface area contributed by atoms with E-state index in [1.165, 1.54) is 0 Å². The largest absolute Gasteiger partial charge is 0.396 e. The highest BCUT2D eigenvalue weighted by atomic mass is 16.3. The quantitative estimate of drug-likeness (QED) is 0.621. The lowest BCUT2D eigenvalue weighted by Gasteiger charge is -2.54. The molecule has 5 unspecified atom stereocenters. The zero-order valence-corrected chi connectivity index (χ0v) is 17.9. The number of hydrogen-bond acceptors (Lipinski definition) is 5. The third-order valence-electron chi connectivity index (χ3n) is 9.51. The number of rotatable bonds is 4. The Morgan fingerprint density at radius 3 is 2.52 bits per heavy atom. The number of nitrogens with zero attached hydrogens (tertiary/aromatic N) is 1. The predicted molar refractivity (Wildman–Crippen MR) is 113 cm³/mol. The third kappa shape index (κ3) is 3.08. The number of aliphatic hydroxyl groups is 3. The molecule has 29 heavy (non-hydrogen) atoms. The van der Waals surface area contributed by atoms with Crippen LogP contribution in [0.5, 0.6) is 0 Å². The fourth-order valence-corrected chi connectivity index (χ4v) is 7.41. The molecule has 4 rings (SSSR count). The Balaban J connectivity index is 1.63. The number of aromatic nitrogens is 1. The van der Waals surface area contributed by atoms with Crippen molar-refractivity contribution < 1.29 is 15.3 Å². The standard InChI is InChI=1S/C24H38N2O3/c1-22(8-7-20(28)13-19(22)15-27)16-6-9-23(2)17(11-16)12-18(14-25)24(23,29)21-5-3-4-10-26-21/h3-5,10,16-20,27-29H,6-9,11-15,25H2,1-2H3/t16?,17?,18?,19-,20+,22-,23?,24?/m1/s1. The molecule has 0 amide bonds. The third-order valence-corrected chi connectivity index (χ3v) is 9.51. The Hall–Kier alpha value is -1.01. The summed E-state index contributed by atoms with van der Waals surface area (Å²) in [6.07, 6.45) is 7.97. The molecule has 0 bridgehead atoms. The molecule has 0 aromatic carbocycles. The summed E-state index contributed by atoms with van der Waals surface area (Å²) in [7, 11) is 0. The van der Waals surface area contributed by atoms with Crippen LogP contribution in [0.2, 0.25) is 0 Å². The summed E-state index contributed by atoms with van der Waals surface area (Å²) in [5.41, 5.74) is 5.77. The Morgan fingerprint density at radius 1 is 1.07 bits per heavy atom. The van der Waals surface area contributed by atoms with Crippen LogP contribution in [-0.2, 0) is 5.60 Å². The summed E-state index contributed by atoms with van der Waals surface area (Å²) in [5, 5.41) is 32.2. The second kappa shape index (κ2) is 7.60. The van der Waals surface area contributed by atoms with Crippen LogP contribution in [0.3, 0.4) is 0 Å². The highest BCUT2D eigenvalue weighted by Gasteiger charge is 2.65. The van der Waals surface area contributed by atoms with E-state index in [1.54, 1.807) is 6.20 Å². The molecule has 1 heterocycles. The van der Waals surface area contributed by atoms with Crippen LogP contribution in [-0.4, -0.2) is 39.6 Å². The number of pyridine rings is 1. The average Bonchev–Trinajstić information content (AvgIpc) is 2.97. The van der Waals surface area contributed by atoms with Crippen molar-refractivity contribution in [3.63, 3.8) is 0 Å². The first-order valence-electron chi connectivity index (χ1n) is 11.4. The van der Waals surface area contributed by atoms with Crippen molar-refractivity contribution in [1.82, 2.24) is 4.98 Å². The molecule has 0 aliphatic heterocycles. The molecule has 5 heteroatoms. The normalized spacial score (nSPS) is 47.7. The van der Waals surface area contributed by atoms with Crippen LogP contribution in [0.4, 0.5) is 0 Å². The minimum absolute atomic E-state index is 0.0146. The number of aliphatic hydroxyl groups excluding tert-OH is 2. The van der Waals surface area contributed by atoms with Gasteiger partial charge in [0.2, 0.25) is 0 Å². The maximum atomic E-state index is 12.1. The minimum Gasteiger partial charge on any atom is -0.396 e. The fraction of sp³-hybridized carbons (Fsp3) is 0.792. The fourth-order valence-electron chi connectivity index (χ4n) is 7.41. The smallest absolute Gasteiger partial charge is 0.116 e. The first kappa shape index (κ1) is 21.2. The molecule has 5 nitrogen and oxygen atoms in total. The van der Waals surface area contributed by atoms with E-state index in [1.807, 2.05) is 18.2 Å². The average molecular weight is 403 g/mol. The van der Waals surface area contributed by atoms with Crippen LogP contribution < -0.4 is 5.73 Å². The van der Waals surface area contributed by atoms with E-state index in [4.69, 9.17) is 5.73 Å². The Labute approximate surface area is 174 Å². The van der Waals surface area contributed by atoms with Crippen LogP contribution >= 0.6 is 0 Å². The molecule has 3 aliphatic carbocycles. The molecule has 3 fully saturated rings. The van der Waals surface area contributed by atoms with Crippen LogP contribution in [0, 0.1) is 34.5 Å². The van der Waals surface area contributed by atoms with Crippen molar-refractivity contribution in [2.45, 2.75) is 70.5 Å². The van der Waals surface area contributed by atoms with Gasteiger partial charge in [-0.2, -0.15) is 0 Å². The lowest BCUT2D eigenvalue weighted by Crippen LogP contribution is -2.52. The first-order chi connectivity index (χ1) is 13.8. The molecule has 162 valence electrons. The van der Waals surface area contributed by atoms with E-state index in [2.05, 4.69) is 18.8 Å². The van der Waals surface area contributed by atoms with Crippen molar-refractivity contribution in [3.8, 4) is 0 Å². The highest BCUT2D eigenvalue weighted by Crippen LogP contribution is 2.66.